The van der Waals surface area contributed by atoms with Crippen LogP contribution in [0.2, 0.25) is 0 Å². The van der Waals surface area contributed by atoms with Crippen LogP contribution in [0, 0.1) is 17.1 Å². The van der Waals surface area contributed by atoms with Crippen molar-refractivity contribution >= 4 is 39.8 Å². The van der Waals surface area contributed by atoms with Gasteiger partial charge in [-0.2, -0.15) is 15.4 Å². The van der Waals surface area contributed by atoms with Crippen molar-refractivity contribution in [1.82, 2.24) is 14.7 Å². The molecule has 7 nitrogen and oxygen atoms in total. The molecule has 1 N–H and O–H groups in total. The fraction of sp³-hybridized carbons (Fsp3) is 0.333. The van der Waals surface area contributed by atoms with Gasteiger partial charge in [0.15, 0.2) is 0 Å². The third kappa shape index (κ3) is 4.79. The maximum atomic E-state index is 13.9. The number of hydrogen-bond donors (Lipinski definition) is 1. The SMILES string of the molecule is CC1(O)CCN(C2=NC(=O)S/C2=C\c2ccc3nn(Cc4ccc(F)cc4C(C)(C)C#N)cc3c2)C1. The second kappa shape index (κ2) is 8.87. The summed E-state index contributed by atoms with van der Waals surface area (Å²) in [5, 5.41) is 25.2. The summed E-state index contributed by atoms with van der Waals surface area (Å²) in [5.41, 5.74) is 1.57. The number of likely N-dealkylation sites (tertiary alicyclic amines) is 1. The van der Waals surface area contributed by atoms with E-state index in [1.807, 2.05) is 35.4 Å². The first-order chi connectivity index (χ1) is 17.0. The fourth-order valence-electron chi connectivity index (χ4n) is 4.67. The number of thioether (sulfide) groups is 1. The zero-order valence-electron chi connectivity index (χ0n) is 20.3. The van der Waals surface area contributed by atoms with E-state index in [-0.39, 0.29) is 11.1 Å². The Labute approximate surface area is 212 Å². The molecule has 1 fully saturated rings. The van der Waals surface area contributed by atoms with E-state index in [0.29, 0.717) is 37.5 Å². The van der Waals surface area contributed by atoms with Crippen molar-refractivity contribution in [3.63, 3.8) is 0 Å². The predicted molar refractivity (Wildman–Crippen MR) is 139 cm³/mol. The lowest BCUT2D eigenvalue weighted by Crippen LogP contribution is -2.33. The van der Waals surface area contributed by atoms with Gasteiger partial charge in [0, 0.05) is 24.7 Å². The average Bonchev–Trinajstić information content (AvgIpc) is 3.50. The molecule has 1 amide bonds. The molecule has 0 radical (unpaired) electrons. The van der Waals surface area contributed by atoms with Crippen molar-refractivity contribution in [1.29, 1.82) is 5.26 Å². The van der Waals surface area contributed by atoms with Crippen LogP contribution >= 0.6 is 11.8 Å². The van der Waals surface area contributed by atoms with Crippen LogP contribution in [0.4, 0.5) is 9.18 Å². The molecule has 2 aliphatic heterocycles. The van der Waals surface area contributed by atoms with E-state index >= 15 is 0 Å². The molecule has 3 aromatic rings. The lowest BCUT2D eigenvalue weighted by molar-refractivity contribution is 0.0755. The minimum atomic E-state index is -0.832. The van der Waals surface area contributed by atoms with Gasteiger partial charge >= 0.3 is 5.24 Å². The Hall–Kier alpha value is -3.48. The second-order valence-electron chi connectivity index (χ2n) is 10.2. The highest BCUT2D eigenvalue weighted by molar-refractivity contribution is 8.18. The highest BCUT2D eigenvalue weighted by Gasteiger charge is 2.36. The van der Waals surface area contributed by atoms with Gasteiger partial charge < -0.3 is 10.0 Å². The minimum Gasteiger partial charge on any atom is -0.388 e. The highest BCUT2D eigenvalue weighted by Crippen LogP contribution is 2.34. The Balaban J connectivity index is 1.42. The molecule has 1 saturated heterocycles. The number of halogens is 1. The molecule has 1 atom stereocenters. The van der Waals surface area contributed by atoms with Gasteiger partial charge in [-0.25, -0.2) is 4.39 Å². The summed E-state index contributed by atoms with van der Waals surface area (Å²) in [4.78, 5) is 19.0. The Morgan fingerprint density at radius 1 is 1.31 bits per heavy atom. The van der Waals surface area contributed by atoms with Gasteiger partial charge in [0.2, 0.25) is 0 Å². The Kier molecular flexibility index (Phi) is 5.97. The van der Waals surface area contributed by atoms with Crippen LogP contribution in [-0.4, -0.2) is 49.6 Å². The number of aliphatic hydroxyl groups is 1. The first kappa shape index (κ1) is 24.2. The van der Waals surface area contributed by atoms with E-state index in [9.17, 15) is 19.6 Å². The number of carbonyl (C=O) groups excluding carboxylic acids is 1. The number of aliphatic imine (C=N–C) groups is 1. The highest BCUT2D eigenvalue weighted by atomic mass is 32.2. The van der Waals surface area contributed by atoms with Crippen LogP contribution in [0.15, 0.2) is 52.5 Å². The van der Waals surface area contributed by atoms with E-state index in [1.165, 1.54) is 12.1 Å². The lowest BCUT2D eigenvalue weighted by atomic mass is 9.83. The van der Waals surface area contributed by atoms with E-state index in [2.05, 4.69) is 16.2 Å². The number of amides is 1. The van der Waals surface area contributed by atoms with Gasteiger partial charge in [-0.15, -0.1) is 0 Å². The smallest absolute Gasteiger partial charge is 0.311 e. The zero-order chi connectivity index (χ0) is 25.7. The minimum absolute atomic E-state index is 0.257. The number of amidine groups is 1. The molecular formula is C27H26FN5O2S. The molecule has 0 saturated carbocycles. The molecule has 5 rings (SSSR count). The van der Waals surface area contributed by atoms with Gasteiger partial charge in [0.25, 0.3) is 0 Å². The maximum Gasteiger partial charge on any atom is 0.311 e. The van der Waals surface area contributed by atoms with Gasteiger partial charge in [-0.1, -0.05) is 12.1 Å². The third-order valence-corrected chi connectivity index (χ3v) is 7.38. The standard InChI is InChI=1S/C27H26FN5O2S/c1-26(2,15-29)21-12-20(28)6-5-18(21)13-33-14-19-10-17(4-7-22(19)31-33)11-23-24(30-25(34)36-23)32-9-8-27(3,35)16-32/h4-7,10-12,14,35H,8-9,13,16H2,1-3H3/b23-11-. The molecular weight excluding hydrogens is 477 g/mol. The molecule has 1 unspecified atom stereocenters. The van der Waals surface area contributed by atoms with Crippen molar-refractivity contribution in [3.05, 3.63) is 70.0 Å². The van der Waals surface area contributed by atoms with Crippen LogP contribution in [0.5, 0.6) is 0 Å². The Morgan fingerprint density at radius 3 is 2.83 bits per heavy atom. The first-order valence-electron chi connectivity index (χ1n) is 11.7. The number of β-amino-alcohol motifs (C(OH)–C–C–N with tert-alkyl or cyclic N) is 1. The van der Waals surface area contributed by atoms with Gasteiger partial charge in [0.1, 0.15) is 11.7 Å². The summed E-state index contributed by atoms with van der Waals surface area (Å²) < 4.78 is 15.7. The van der Waals surface area contributed by atoms with E-state index in [1.54, 1.807) is 31.5 Å². The lowest BCUT2D eigenvalue weighted by Gasteiger charge is -2.20. The van der Waals surface area contributed by atoms with Gasteiger partial charge in [-0.05, 0) is 86.0 Å². The van der Waals surface area contributed by atoms with Crippen LogP contribution in [0.1, 0.15) is 43.9 Å². The van der Waals surface area contributed by atoms with Crippen LogP contribution in [0.3, 0.4) is 0 Å². The Bertz CT molecular complexity index is 1480. The third-order valence-electron chi connectivity index (χ3n) is 6.60. The molecule has 184 valence electrons. The van der Waals surface area contributed by atoms with Crippen molar-refractivity contribution in [2.75, 3.05) is 13.1 Å². The fourth-order valence-corrected chi connectivity index (χ4v) is 5.45. The number of rotatable bonds is 4. The summed E-state index contributed by atoms with van der Waals surface area (Å²) in [6.07, 6.45) is 4.49. The molecule has 2 aromatic carbocycles. The summed E-state index contributed by atoms with van der Waals surface area (Å²) in [7, 11) is 0. The molecule has 2 aliphatic rings. The van der Waals surface area contributed by atoms with Crippen LogP contribution < -0.4 is 0 Å². The Morgan fingerprint density at radius 2 is 2.11 bits per heavy atom. The quantitative estimate of drug-likeness (QED) is 0.533. The largest absolute Gasteiger partial charge is 0.388 e. The number of aromatic nitrogens is 2. The molecule has 3 heterocycles. The number of benzene rings is 2. The van der Waals surface area contributed by atoms with E-state index in [4.69, 9.17) is 0 Å². The predicted octanol–water partition coefficient (Wildman–Crippen LogP) is 5.09. The first-order valence-corrected chi connectivity index (χ1v) is 12.5. The van der Waals surface area contributed by atoms with Gasteiger partial charge in [-0.3, -0.25) is 9.48 Å². The zero-order valence-corrected chi connectivity index (χ0v) is 21.1. The summed E-state index contributed by atoms with van der Waals surface area (Å²) in [6.45, 7) is 6.84. The normalized spacial score (nSPS) is 21.4. The van der Waals surface area contributed by atoms with Crippen molar-refractivity contribution in [2.45, 2.75) is 44.8 Å². The molecule has 9 heteroatoms. The number of hydrogen-bond acceptors (Lipinski definition) is 6. The van der Waals surface area contributed by atoms with Gasteiger partial charge in [0.05, 0.1) is 34.1 Å². The topological polar surface area (TPSA) is 94.5 Å². The molecule has 0 bridgehead atoms. The summed E-state index contributed by atoms with van der Waals surface area (Å²) >= 11 is 1.09. The van der Waals surface area contributed by atoms with E-state index in [0.717, 1.165) is 38.7 Å². The van der Waals surface area contributed by atoms with Crippen molar-refractivity contribution < 1.29 is 14.3 Å². The summed E-state index contributed by atoms with van der Waals surface area (Å²) in [5.74, 6) is 0.242. The number of nitriles is 1. The van der Waals surface area contributed by atoms with Crippen LogP contribution in [0.25, 0.3) is 17.0 Å². The second-order valence-corrected chi connectivity index (χ2v) is 11.2. The molecule has 0 spiro atoms. The maximum absolute atomic E-state index is 13.9. The summed E-state index contributed by atoms with van der Waals surface area (Å²) in [6, 6.07) is 12.6. The molecule has 1 aromatic heterocycles. The van der Waals surface area contributed by atoms with Crippen molar-refractivity contribution in [2.24, 2.45) is 4.99 Å². The van der Waals surface area contributed by atoms with Crippen molar-refractivity contribution in [3.8, 4) is 6.07 Å². The average molecular weight is 504 g/mol. The number of carbonyl (C=O) groups is 1. The molecule has 0 aliphatic carbocycles. The monoisotopic (exact) mass is 503 g/mol. The van der Waals surface area contributed by atoms with E-state index < -0.39 is 11.0 Å². The number of nitrogens with zero attached hydrogens (tertiary/aromatic N) is 5. The number of fused-ring (bicyclic) bond motifs is 1. The van der Waals surface area contributed by atoms with Crippen LogP contribution in [-0.2, 0) is 12.0 Å². The molecule has 36 heavy (non-hydrogen) atoms.